The molecule has 0 aliphatic carbocycles. The van der Waals surface area contributed by atoms with Crippen molar-refractivity contribution in [2.75, 3.05) is 33.8 Å². The number of nitrogens with two attached hydrogens (primary N) is 1. The SMILES string of the molecule is COc1ccc(-c2cnsc2-c2cc(OC)c(OC)c(OC)c2)cc1NC(=O)C(N)c1ccccc1. The Labute approximate surface area is 213 Å². The molecule has 4 rings (SSSR count). The summed E-state index contributed by atoms with van der Waals surface area (Å²) in [5.41, 5.74) is 10.00. The normalized spacial score (nSPS) is 11.5. The Morgan fingerprint density at radius 2 is 1.53 bits per heavy atom. The lowest BCUT2D eigenvalue weighted by Crippen LogP contribution is -2.27. The van der Waals surface area contributed by atoms with Crippen LogP contribution in [0.5, 0.6) is 23.0 Å². The Balaban J connectivity index is 1.71. The molecule has 8 nitrogen and oxygen atoms in total. The van der Waals surface area contributed by atoms with E-state index in [2.05, 4.69) is 9.69 Å². The zero-order valence-corrected chi connectivity index (χ0v) is 21.2. The highest BCUT2D eigenvalue weighted by atomic mass is 32.1. The van der Waals surface area contributed by atoms with Crippen LogP contribution in [-0.4, -0.2) is 38.7 Å². The molecule has 1 heterocycles. The van der Waals surface area contributed by atoms with E-state index in [0.29, 0.717) is 28.7 Å². The van der Waals surface area contributed by atoms with Crippen molar-refractivity contribution >= 4 is 23.1 Å². The molecule has 3 N–H and O–H groups in total. The van der Waals surface area contributed by atoms with Crippen LogP contribution >= 0.6 is 11.5 Å². The summed E-state index contributed by atoms with van der Waals surface area (Å²) >= 11 is 1.34. The van der Waals surface area contributed by atoms with Crippen molar-refractivity contribution in [3.05, 3.63) is 72.4 Å². The van der Waals surface area contributed by atoms with E-state index >= 15 is 0 Å². The lowest BCUT2D eigenvalue weighted by molar-refractivity contribution is -0.117. The molecule has 9 heteroatoms. The summed E-state index contributed by atoms with van der Waals surface area (Å²) in [7, 11) is 6.27. The molecule has 0 bridgehead atoms. The van der Waals surface area contributed by atoms with Gasteiger partial charge in [0.1, 0.15) is 11.8 Å². The van der Waals surface area contributed by atoms with Crippen LogP contribution in [0.2, 0.25) is 0 Å². The van der Waals surface area contributed by atoms with Crippen molar-refractivity contribution in [3.63, 3.8) is 0 Å². The first-order valence-corrected chi connectivity index (χ1v) is 11.8. The number of anilines is 1. The van der Waals surface area contributed by atoms with Gasteiger partial charge in [-0.2, -0.15) is 4.37 Å². The van der Waals surface area contributed by atoms with Crippen LogP contribution in [0.1, 0.15) is 11.6 Å². The van der Waals surface area contributed by atoms with Gasteiger partial charge >= 0.3 is 0 Å². The number of hydrogen-bond donors (Lipinski definition) is 2. The molecule has 1 atom stereocenters. The van der Waals surface area contributed by atoms with Crippen molar-refractivity contribution in [1.82, 2.24) is 4.37 Å². The van der Waals surface area contributed by atoms with Crippen LogP contribution in [-0.2, 0) is 4.79 Å². The van der Waals surface area contributed by atoms with Crippen molar-refractivity contribution < 1.29 is 23.7 Å². The average molecular weight is 506 g/mol. The number of nitrogens with one attached hydrogen (secondary N) is 1. The van der Waals surface area contributed by atoms with Crippen LogP contribution in [0.3, 0.4) is 0 Å². The van der Waals surface area contributed by atoms with Gasteiger partial charge in [-0.15, -0.1) is 0 Å². The van der Waals surface area contributed by atoms with Crippen LogP contribution in [0.4, 0.5) is 5.69 Å². The Morgan fingerprint density at radius 3 is 2.14 bits per heavy atom. The minimum Gasteiger partial charge on any atom is -0.495 e. The molecule has 1 aromatic heterocycles. The second-order valence-electron chi connectivity index (χ2n) is 7.78. The fourth-order valence-electron chi connectivity index (χ4n) is 3.86. The van der Waals surface area contributed by atoms with Crippen LogP contribution in [0.15, 0.2) is 66.9 Å². The molecular formula is C27H27N3O5S. The van der Waals surface area contributed by atoms with Gasteiger partial charge in [-0.3, -0.25) is 4.79 Å². The first kappa shape index (κ1) is 25.0. The zero-order chi connectivity index (χ0) is 25.7. The van der Waals surface area contributed by atoms with Gasteiger partial charge < -0.3 is 30.0 Å². The van der Waals surface area contributed by atoms with Gasteiger partial charge in [0.05, 0.1) is 39.0 Å². The van der Waals surface area contributed by atoms with Gasteiger partial charge in [-0.1, -0.05) is 36.4 Å². The molecule has 1 amide bonds. The lowest BCUT2D eigenvalue weighted by Gasteiger charge is -2.16. The first-order chi connectivity index (χ1) is 17.5. The monoisotopic (exact) mass is 505 g/mol. The molecular weight excluding hydrogens is 478 g/mol. The number of benzene rings is 3. The fourth-order valence-corrected chi connectivity index (χ4v) is 4.62. The number of carbonyl (C=O) groups is 1. The highest BCUT2D eigenvalue weighted by Gasteiger charge is 2.21. The maximum atomic E-state index is 12.9. The third-order valence-corrected chi connectivity index (χ3v) is 6.56. The van der Waals surface area contributed by atoms with Crippen molar-refractivity contribution in [2.24, 2.45) is 5.73 Å². The first-order valence-electron chi connectivity index (χ1n) is 11.1. The Bertz CT molecular complexity index is 1330. The van der Waals surface area contributed by atoms with E-state index in [9.17, 15) is 4.79 Å². The van der Waals surface area contributed by atoms with Crippen LogP contribution in [0, 0.1) is 0 Å². The van der Waals surface area contributed by atoms with E-state index in [1.54, 1.807) is 40.7 Å². The molecule has 0 aliphatic heterocycles. The maximum Gasteiger partial charge on any atom is 0.245 e. The molecule has 4 aromatic rings. The predicted molar refractivity (Wildman–Crippen MR) is 141 cm³/mol. The van der Waals surface area contributed by atoms with Gasteiger partial charge in [0.15, 0.2) is 11.5 Å². The van der Waals surface area contributed by atoms with Gasteiger partial charge in [0, 0.05) is 17.3 Å². The van der Waals surface area contributed by atoms with Gasteiger partial charge in [-0.05, 0) is 46.9 Å². The minimum atomic E-state index is -0.822. The zero-order valence-electron chi connectivity index (χ0n) is 20.4. The van der Waals surface area contributed by atoms with Crippen molar-refractivity contribution in [3.8, 4) is 44.6 Å². The number of nitrogens with zero attached hydrogens (tertiary/aromatic N) is 1. The number of hydrogen-bond acceptors (Lipinski definition) is 8. The topological polar surface area (TPSA) is 105 Å². The average Bonchev–Trinajstić information content (AvgIpc) is 3.42. The lowest BCUT2D eigenvalue weighted by atomic mass is 10.0. The number of carbonyl (C=O) groups excluding carboxylic acids is 1. The molecule has 0 fully saturated rings. The van der Waals surface area contributed by atoms with E-state index in [1.807, 2.05) is 54.6 Å². The van der Waals surface area contributed by atoms with E-state index in [1.165, 1.54) is 11.5 Å². The number of rotatable bonds is 9. The highest BCUT2D eigenvalue weighted by Crippen LogP contribution is 2.45. The van der Waals surface area contributed by atoms with Gasteiger partial charge in [0.25, 0.3) is 0 Å². The molecule has 0 aliphatic rings. The third kappa shape index (κ3) is 4.98. The minimum absolute atomic E-state index is 0.343. The van der Waals surface area contributed by atoms with Gasteiger partial charge in [0.2, 0.25) is 11.7 Å². The van der Waals surface area contributed by atoms with Crippen molar-refractivity contribution in [1.29, 1.82) is 0 Å². The Morgan fingerprint density at radius 1 is 0.861 bits per heavy atom. The highest BCUT2D eigenvalue weighted by molar-refractivity contribution is 7.10. The number of aromatic nitrogens is 1. The van der Waals surface area contributed by atoms with E-state index in [-0.39, 0.29) is 5.91 Å². The smallest absolute Gasteiger partial charge is 0.245 e. The van der Waals surface area contributed by atoms with Gasteiger partial charge in [-0.25, -0.2) is 0 Å². The summed E-state index contributed by atoms with van der Waals surface area (Å²) in [5, 5.41) is 2.91. The third-order valence-electron chi connectivity index (χ3n) is 5.71. The van der Waals surface area contributed by atoms with E-state index < -0.39 is 6.04 Å². The summed E-state index contributed by atoms with van der Waals surface area (Å²) in [6.45, 7) is 0. The molecule has 0 spiro atoms. The fraction of sp³-hybridized carbons (Fsp3) is 0.185. The van der Waals surface area contributed by atoms with Crippen LogP contribution < -0.4 is 30.0 Å². The summed E-state index contributed by atoms with van der Waals surface area (Å²) in [5.74, 6) is 1.78. The summed E-state index contributed by atoms with van der Waals surface area (Å²) in [6, 6.07) is 17.7. The van der Waals surface area contributed by atoms with Crippen molar-refractivity contribution in [2.45, 2.75) is 6.04 Å². The molecule has 36 heavy (non-hydrogen) atoms. The number of ether oxygens (including phenoxy) is 4. The summed E-state index contributed by atoms with van der Waals surface area (Å²) in [6.07, 6.45) is 1.78. The molecule has 0 saturated carbocycles. The Hall–Kier alpha value is -4.08. The molecule has 186 valence electrons. The molecule has 0 radical (unpaired) electrons. The Kier molecular flexibility index (Phi) is 7.72. The maximum absolute atomic E-state index is 12.9. The standard InChI is InChI=1S/C27H27N3O5S/c1-32-21-11-10-17(12-20(21)30-27(31)24(28)16-8-6-5-7-9-16)19-15-29-36-26(19)18-13-22(33-2)25(35-4)23(14-18)34-3/h5-15,24H,28H2,1-4H3,(H,30,31). The molecule has 0 saturated heterocycles. The number of methoxy groups -OCH3 is 4. The van der Waals surface area contributed by atoms with E-state index in [4.69, 9.17) is 24.7 Å². The summed E-state index contributed by atoms with van der Waals surface area (Å²) < 4.78 is 26.4. The summed E-state index contributed by atoms with van der Waals surface area (Å²) in [4.78, 5) is 13.8. The van der Waals surface area contributed by atoms with E-state index in [0.717, 1.165) is 27.1 Å². The molecule has 3 aromatic carbocycles. The quantitative estimate of drug-likeness (QED) is 0.324. The van der Waals surface area contributed by atoms with Crippen LogP contribution in [0.25, 0.3) is 21.6 Å². The second-order valence-corrected chi connectivity index (χ2v) is 8.58. The predicted octanol–water partition coefficient (Wildman–Crippen LogP) is 5.15. The number of amides is 1. The molecule has 1 unspecified atom stereocenters. The largest absolute Gasteiger partial charge is 0.495 e. The second kappa shape index (κ2) is 11.1.